The van der Waals surface area contributed by atoms with Gasteiger partial charge in [-0.05, 0) is 32.1 Å². The zero-order chi connectivity index (χ0) is 21.5. The van der Waals surface area contributed by atoms with Crippen LogP contribution in [0.2, 0.25) is 0 Å². The fourth-order valence-electron chi connectivity index (χ4n) is 4.61. The molecule has 1 amide bonds. The highest BCUT2D eigenvalue weighted by Crippen LogP contribution is 2.30. The third-order valence-corrected chi connectivity index (χ3v) is 6.48. The molecule has 1 saturated carbocycles. The molecule has 30 heavy (non-hydrogen) atoms. The summed E-state index contributed by atoms with van der Waals surface area (Å²) < 4.78 is 7.27. The van der Waals surface area contributed by atoms with Crippen LogP contribution in [0.5, 0.6) is 0 Å². The van der Waals surface area contributed by atoms with E-state index in [1.54, 1.807) is 11.8 Å². The minimum Gasteiger partial charge on any atom is -0.381 e. The molecule has 0 bridgehead atoms. The van der Waals surface area contributed by atoms with Gasteiger partial charge >= 0.3 is 0 Å². The molecule has 0 spiro atoms. The Kier molecular flexibility index (Phi) is 5.65. The zero-order valence-corrected chi connectivity index (χ0v) is 18.3. The van der Waals surface area contributed by atoms with E-state index in [0.29, 0.717) is 24.6 Å². The molecule has 2 aromatic heterocycles. The van der Waals surface area contributed by atoms with Gasteiger partial charge in [0.25, 0.3) is 5.56 Å². The minimum atomic E-state index is -0.279. The fourth-order valence-corrected chi connectivity index (χ4v) is 4.61. The van der Waals surface area contributed by atoms with Crippen molar-refractivity contribution in [2.45, 2.75) is 76.9 Å². The molecule has 9 heteroatoms. The van der Waals surface area contributed by atoms with Crippen molar-refractivity contribution in [1.82, 2.24) is 29.9 Å². The number of hydrogen-bond donors (Lipinski definition) is 1. The summed E-state index contributed by atoms with van der Waals surface area (Å²) in [7, 11) is 1.73. The SMILES string of the molecule is COC1CCCC(C(=O)N2CCC(n3nnc4c(=O)[nH]c(C(C)(C)C)nc43)CC2)C1. The molecule has 1 aliphatic carbocycles. The summed E-state index contributed by atoms with van der Waals surface area (Å²) in [5, 5.41) is 8.32. The van der Waals surface area contributed by atoms with Crippen LogP contribution in [0, 0.1) is 5.92 Å². The van der Waals surface area contributed by atoms with Gasteiger partial charge in [0.1, 0.15) is 5.82 Å². The second-order valence-corrected chi connectivity index (χ2v) is 9.65. The van der Waals surface area contributed by atoms with Crippen LogP contribution in [0.25, 0.3) is 11.2 Å². The van der Waals surface area contributed by atoms with Gasteiger partial charge in [-0.25, -0.2) is 9.67 Å². The lowest BCUT2D eigenvalue weighted by Crippen LogP contribution is -2.44. The number of H-pyrrole nitrogens is 1. The molecule has 1 saturated heterocycles. The summed E-state index contributed by atoms with van der Waals surface area (Å²) in [5.74, 6) is 0.950. The maximum absolute atomic E-state index is 13.0. The number of fused-ring (bicyclic) bond motifs is 1. The molecule has 2 aliphatic rings. The minimum absolute atomic E-state index is 0.0713. The smallest absolute Gasteiger partial charge is 0.281 e. The molecule has 1 aliphatic heterocycles. The van der Waals surface area contributed by atoms with Crippen LogP contribution in [0.3, 0.4) is 0 Å². The molecular formula is C21H32N6O3. The van der Waals surface area contributed by atoms with Crippen LogP contribution >= 0.6 is 0 Å². The van der Waals surface area contributed by atoms with Crippen molar-refractivity contribution in [3.63, 3.8) is 0 Å². The third-order valence-electron chi connectivity index (χ3n) is 6.48. The number of amides is 1. The van der Waals surface area contributed by atoms with E-state index in [-0.39, 0.29) is 40.5 Å². The van der Waals surface area contributed by atoms with Gasteiger partial charge in [-0.2, -0.15) is 0 Å². The third kappa shape index (κ3) is 3.99. The number of aromatic nitrogens is 5. The standard InChI is InChI=1S/C21H32N6O3/c1-21(2,3)20-22-17-16(18(28)23-20)24-25-27(17)14-8-10-26(11-9-14)19(29)13-6-5-7-15(12-13)30-4/h13-15H,5-12H2,1-4H3,(H,22,23,28). The van der Waals surface area contributed by atoms with Crippen LogP contribution < -0.4 is 5.56 Å². The van der Waals surface area contributed by atoms with Gasteiger partial charge in [-0.15, -0.1) is 5.10 Å². The topological polar surface area (TPSA) is 106 Å². The summed E-state index contributed by atoms with van der Waals surface area (Å²) in [6.45, 7) is 7.40. The number of likely N-dealkylation sites (tertiary alicyclic amines) is 1. The maximum Gasteiger partial charge on any atom is 0.281 e. The van der Waals surface area contributed by atoms with Crippen LogP contribution in [-0.2, 0) is 14.9 Å². The highest BCUT2D eigenvalue weighted by atomic mass is 16.5. The monoisotopic (exact) mass is 416 g/mol. The van der Waals surface area contributed by atoms with Crippen molar-refractivity contribution in [3.8, 4) is 0 Å². The normalized spacial score (nSPS) is 23.8. The van der Waals surface area contributed by atoms with Gasteiger partial charge in [-0.1, -0.05) is 32.4 Å². The zero-order valence-electron chi connectivity index (χ0n) is 18.3. The van der Waals surface area contributed by atoms with Gasteiger partial charge in [0.2, 0.25) is 5.91 Å². The molecule has 9 nitrogen and oxygen atoms in total. The summed E-state index contributed by atoms with van der Waals surface area (Å²) >= 11 is 0. The van der Waals surface area contributed by atoms with Crippen LogP contribution in [0.1, 0.15) is 71.2 Å². The van der Waals surface area contributed by atoms with Crippen LogP contribution in [0.15, 0.2) is 4.79 Å². The van der Waals surface area contributed by atoms with Crippen molar-refractivity contribution in [2.24, 2.45) is 5.92 Å². The van der Waals surface area contributed by atoms with E-state index in [4.69, 9.17) is 4.74 Å². The first-order chi connectivity index (χ1) is 14.3. The summed E-state index contributed by atoms with van der Waals surface area (Å²) in [6.07, 6.45) is 5.64. The average molecular weight is 417 g/mol. The van der Waals surface area contributed by atoms with E-state index in [2.05, 4.69) is 20.3 Å². The molecule has 0 radical (unpaired) electrons. The lowest BCUT2D eigenvalue weighted by molar-refractivity contribution is -0.139. The van der Waals surface area contributed by atoms with E-state index < -0.39 is 0 Å². The number of carbonyl (C=O) groups is 1. The molecule has 164 valence electrons. The van der Waals surface area contributed by atoms with Crippen molar-refractivity contribution in [3.05, 3.63) is 16.2 Å². The van der Waals surface area contributed by atoms with E-state index >= 15 is 0 Å². The van der Waals surface area contributed by atoms with Gasteiger partial charge in [0.15, 0.2) is 11.2 Å². The van der Waals surface area contributed by atoms with E-state index in [9.17, 15) is 9.59 Å². The Morgan fingerprint density at radius 3 is 2.57 bits per heavy atom. The summed E-state index contributed by atoms with van der Waals surface area (Å²) in [6, 6.07) is 0.0826. The Labute approximate surface area is 176 Å². The van der Waals surface area contributed by atoms with Gasteiger partial charge in [-0.3, -0.25) is 9.59 Å². The lowest BCUT2D eigenvalue weighted by atomic mass is 9.85. The van der Waals surface area contributed by atoms with Gasteiger partial charge in [0, 0.05) is 31.5 Å². The van der Waals surface area contributed by atoms with E-state index in [0.717, 1.165) is 38.5 Å². The van der Waals surface area contributed by atoms with Gasteiger partial charge in [0.05, 0.1) is 12.1 Å². The number of methoxy groups -OCH3 is 1. The van der Waals surface area contributed by atoms with Crippen LogP contribution in [0.4, 0.5) is 0 Å². The quantitative estimate of drug-likeness (QED) is 0.822. The Hall–Kier alpha value is -2.29. The average Bonchev–Trinajstić information content (AvgIpc) is 3.17. The van der Waals surface area contributed by atoms with Crippen molar-refractivity contribution < 1.29 is 9.53 Å². The van der Waals surface area contributed by atoms with Crippen LogP contribution in [-0.4, -0.2) is 62.1 Å². The molecule has 1 N–H and O–H groups in total. The summed E-state index contributed by atoms with van der Waals surface area (Å²) in [5.41, 5.74) is 0.268. The Bertz CT molecular complexity index is 967. The molecule has 0 aromatic carbocycles. The second-order valence-electron chi connectivity index (χ2n) is 9.65. The predicted molar refractivity (Wildman–Crippen MR) is 112 cm³/mol. The molecule has 2 unspecified atom stereocenters. The lowest BCUT2D eigenvalue weighted by Gasteiger charge is -2.36. The maximum atomic E-state index is 13.0. The van der Waals surface area contributed by atoms with Crippen molar-refractivity contribution in [2.75, 3.05) is 20.2 Å². The number of nitrogens with one attached hydrogen (secondary N) is 1. The van der Waals surface area contributed by atoms with Crippen molar-refractivity contribution in [1.29, 1.82) is 0 Å². The van der Waals surface area contributed by atoms with E-state index in [1.807, 2.05) is 25.7 Å². The van der Waals surface area contributed by atoms with Crippen molar-refractivity contribution >= 4 is 17.1 Å². The molecule has 2 aromatic rings. The number of rotatable bonds is 3. The Morgan fingerprint density at radius 2 is 1.90 bits per heavy atom. The number of hydrogen-bond acceptors (Lipinski definition) is 6. The first-order valence-corrected chi connectivity index (χ1v) is 10.9. The number of carbonyl (C=O) groups excluding carboxylic acids is 1. The number of nitrogens with zero attached hydrogens (tertiary/aromatic N) is 5. The number of ether oxygens (including phenoxy) is 1. The van der Waals surface area contributed by atoms with E-state index in [1.165, 1.54) is 0 Å². The second kappa shape index (κ2) is 8.09. The first-order valence-electron chi connectivity index (χ1n) is 10.9. The molecule has 3 heterocycles. The highest BCUT2D eigenvalue weighted by molar-refractivity contribution is 5.79. The molecule has 4 rings (SSSR count). The van der Waals surface area contributed by atoms with Gasteiger partial charge < -0.3 is 14.6 Å². The number of piperidine rings is 1. The first kappa shape index (κ1) is 21.0. The molecule has 2 fully saturated rings. The highest BCUT2D eigenvalue weighted by Gasteiger charge is 2.33. The molecule has 2 atom stereocenters. The fraction of sp³-hybridized carbons (Fsp3) is 0.762. The largest absolute Gasteiger partial charge is 0.381 e. The Morgan fingerprint density at radius 1 is 1.17 bits per heavy atom. The number of aromatic amines is 1. The Balaban J connectivity index is 1.48. The molecular weight excluding hydrogens is 384 g/mol. The predicted octanol–water partition coefficient (Wildman–Crippen LogP) is 2.18. The summed E-state index contributed by atoms with van der Waals surface area (Å²) in [4.78, 5) is 34.9.